The van der Waals surface area contributed by atoms with E-state index in [-0.39, 0.29) is 6.04 Å². The number of benzene rings is 1. The average Bonchev–Trinajstić information content (AvgIpc) is 2.46. The maximum Gasteiger partial charge on any atom is 0.256 e. The van der Waals surface area contributed by atoms with Gasteiger partial charge in [-0.25, -0.2) is 0 Å². The molecule has 0 aliphatic heterocycles. The van der Waals surface area contributed by atoms with Gasteiger partial charge in [-0.3, -0.25) is 10.3 Å². The summed E-state index contributed by atoms with van der Waals surface area (Å²) >= 11 is 0. The topological polar surface area (TPSA) is 43.4 Å². The molecule has 114 valence electrons. The lowest BCUT2D eigenvalue weighted by Gasteiger charge is -2.36. The van der Waals surface area contributed by atoms with Crippen molar-refractivity contribution in [2.75, 3.05) is 13.2 Å². The van der Waals surface area contributed by atoms with Gasteiger partial charge in [-0.05, 0) is 39.1 Å². The summed E-state index contributed by atoms with van der Waals surface area (Å²) in [6, 6.07) is 8.32. The summed E-state index contributed by atoms with van der Waals surface area (Å²) in [7, 11) is 0. The highest BCUT2D eigenvalue weighted by molar-refractivity contribution is 5.85. The third-order valence-electron chi connectivity index (χ3n) is 3.21. The van der Waals surface area contributed by atoms with E-state index in [4.69, 9.17) is 9.47 Å². The second kappa shape index (κ2) is 6.98. The SMILES string of the molecule is CCOC(NC(C)C)(OCC)c1cccc2cnccc12. The van der Waals surface area contributed by atoms with Crippen molar-refractivity contribution in [1.82, 2.24) is 10.3 Å². The molecule has 0 amide bonds. The zero-order chi connectivity index (χ0) is 15.3. The maximum absolute atomic E-state index is 6.02. The summed E-state index contributed by atoms with van der Waals surface area (Å²) in [5.74, 6) is -0.932. The van der Waals surface area contributed by atoms with Crippen molar-refractivity contribution >= 4 is 10.8 Å². The van der Waals surface area contributed by atoms with Crippen molar-refractivity contribution in [2.24, 2.45) is 0 Å². The molecule has 0 saturated heterocycles. The highest BCUT2D eigenvalue weighted by atomic mass is 16.7. The summed E-state index contributed by atoms with van der Waals surface area (Å²) in [4.78, 5) is 4.19. The van der Waals surface area contributed by atoms with Crippen LogP contribution in [0.5, 0.6) is 0 Å². The van der Waals surface area contributed by atoms with Gasteiger partial charge in [0.05, 0.1) is 0 Å². The van der Waals surface area contributed by atoms with Crippen molar-refractivity contribution in [3.8, 4) is 0 Å². The monoisotopic (exact) mass is 288 g/mol. The van der Waals surface area contributed by atoms with Crippen molar-refractivity contribution in [3.63, 3.8) is 0 Å². The first-order chi connectivity index (χ1) is 10.1. The van der Waals surface area contributed by atoms with Crippen LogP contribution in [0.2, 0.25) is 0 Å². The van der Waals surface area contributed by atoms with Gasteiger partial charge >= 0.3 is 0 Å². The van der Waals surface area contributed by atoms with Gasteiger partial charge in [0.2, 0.25) is 0 Å². The Bertz CT molecular complexity index is 573. The Morgan fingerprint density at radius 3 is 2.48 bits per heavy atom. The van der Waals surface area contributed by atoms with Gasteiger partial charge in [-0.1, -0.05) is 18.2 Å². The molecule has 1 N–H and O–H groups in total. The minimum Gasteiger partial charge on any atom is -0.334 e. The molecule has 0 aliphatic carbocycles. The first-order valence-corrected chi connectivity index (χ1v) is 7.51. The van der Waals surface area contributed by atoms with Gasteiger partial charge < -0.3 is 9.47 Å². The quantitative estimate of drug-likeness (QED) is 0.793. The van der Waals surface area contributed by atoms with Crippen LogP contribution in [0.4, 0.5) is 0 Å². The molecule has 2 aromatic rings. The van der Waals surface area contributed by atoms with E-state index in [1.165, 1.54) is 0 Å². The largest absolute Gasteiger partial charge is 0.334 e. The predicted octanol–water partition coefficient (Wildman–Crippen LogP) is 3.42. The molecule has 0 radical (unpaired) electrons. The maximum atomic E-state index is 6.02. The van der Waals surface area contributed by atoms with Crippen LogP contribution < -0.4 is 5.32 Å². The molecule has 4 nitrogen and oxygen atoms in total. The Kier molecular flexibility index (Phi) is 5.28. The molecule has 1 aromatic heterocycles. The molecule has 2 rings (SSSR count). The summed E-state index contributed by atoms with van der Waals surface area (Å²) in [5, 5.41) is 5.60. The normalized spacial score (nSPS) is 12.2. The first-order valence-electron chi connectivity index (χ1n) is 7.51. The van der Waals surface area contributed by atoms with Crippen LogP contribution in [-0.2, 0) is 15.4 Å². The molecule has 4 heteroatoms. The second-order valence-electron chi connectivity index (χ2n) is 5.18. The van der Waals surface area contributed by atoms with E-state index in [0.29, 0.717) is 13.2 Å². The molecule has 0 saturated carbocycles. The second-order valence-corrected chi connectivity index (χ2v) is 5.18. The van der Waals surface area contributed by atoms with Crippen LogP contribution >= 0.6 is 0 Å². The summed E-state index contributed by atoms with van der Waals surface area (Å²) < 4.78 is 12.0. The number of rotatable bonds is 7. The number of pyridine rings is 1. The number of nitrogens with one attached hydrogen (secondary N) is 1. The van der Waals surface area contributed by atoms with Crippen LogP contribution in [0.15, 0.2) is 36.7 Å². The van der Waals surface area contributed by atoms with Crippen LogP contribution in [-0.4, -0.2) is 24.2 Å². The fourth-order valence-electron chi connectivity index (χ4n) is 2.55. The van der Waals surface area contributed by atoms with Crippen molar-refractivity contribution in [3.05, 3.63) is 42.2 Å². The molecule has 1 heterocycles. The Morgan fingerprint density at radius 1 is 1.14 bits per heavy atom. The van der Waals surface area contributed by atoms with Crippen LogP contribution in [0.1, 0.15) is 33.3 Å². The third kappa shape index (κ3) is 3.40. The minimum absolute atomic E-state index is 0.222. The number of fused-ring (bicyclic) bond motifs is 1. The van der Waals surface area contributed by atoms with Gasteiger partial charge in [0.1, 0.15) is 0 Å². The van der Waals surface area contributed by atoms with E-state index in [9.17, 15) is 0 Å². The summed E-state index contributed by atoms with van der Waals surface area (Å²) in [6.45, 7) is 9.23. The highest BCUT2D eigenvalue weighted by Gasteiger charge is 2.35. The van der Waals surface area contributed by atoms with E-state index < -0.39 is 5.91 Å². The summed E-state index contributed by atoms with van der Waals surface area (Å²) in [6.07, 6.45) is 3.65. The standard InChI is InChI=1S/C17H24N2O2/c1-5-20-17(21-6-2,19-13(3)4)16-9-7-8-14-12-18-11-10-15(14)16/h7-13,19H,5-6H2,1-4H3. The highest BCUT2D eigenvalue weighted by Crippen LogP contribution is 2.31. The minimum atomic E-state index is -0.932. The van der Waals surface area contributed by atoms with Gasteiger partial charge in [-0.2, -0.15) is 0 Å². The van der Waals surface area contributed by atoms with Crippen molar-refractivity contribution < 1.29 is 9.47 Å². The van der Waals surface area contributed by atoms with Gasteiger partial charge in [0, 0.05) is 42.6 Å². The van der Waals surface area contributed by atoms with Crippen LogP contribution in [0.3, 0.4) is 0 Å². The molecule has 0 unspecified atom stereocenters. The molecule has 0 fully saturated rings. The van der Waals surface area contributed by atoms with Gasteiger partial charge in [0.25, 0.3) is 5.91 Å². The zero-order valence-electron chi connectivity index (χ0n) is 13.2. The van der Waals surface area contributed by atoms with E-state index in [0.717, 1.165) is 16.3 Å². The number of aromatic nitrogens is 1. The van der Waals surface area contributed by atoms with Gasteiger partial charge in [-0.15, -0.1) is 0 Å². The number of nitrogens with zero attached hydrogens (tertiary/aromatic N) is 1. The summed E-state index contributed by atoms with van der Waals surface area (Å²) in [5.41, 5.74) is 0.986. The third-order valence-corrected chi connectivity index (χ3v) is 3.21. The van der Waals surface area contributed by atoms with Crippen LogP contribution in [0, 0.1) is 0 Å². The Hall–Kier alpha value is -1.49. The Balaban J connectivity index is 2.61. The lowest BCUT2D eigenvalue weighted by molar-refractivity contribution is -0.265. The zero-order valence-corrected chi connectivity index (χ0v) is 13.2. The van der Waals surface area contributed by atoms with Crippen molar-refractivity contribution in [2.45, 2.75) is 39.6 Å². The Morgan fingerprint density at radius 2 is 1.86 bits per heavy atom. The van der Waals surface area contributed by atoms with Crippen LogP contribution in [0.25, 0.3) is 10.8 Å². The molecule has 21 heavy (non-hydrogen) atoms. The number of hydrogen-bond acceptors (Lipinski definition) is 4. The fraction of sp³-hybridized carbons (Fsp3) is 0.471. The smallest absolute Gasteiger partial charge is 0.256 e. The number of ether oxygens (including phenoxy) is 2. The molecule has 0 spiro atoms. The molecular weight excluding hydrogens is 264 g/mol. The molecule has 0 aliphatic rings. The molecule has 0 atom stereocenters. The molecule has 1 aromatic carbocycles. The molecular formula is C17H24N2O2. The fourth-order valence-corrected chi connectivity index (χ4v) is 2.55. The average molecular weight is 288 g/mol. The first kappa shape index (κ1) is 15.9. The predicted molar refractivity (Wildman–Crippen MR) is 84.9 cm³/mol. The van der Waals surface area contributed by atoms with E-state index in [1.807, 2.05) is 44.3 Å². The molecule has 0 bridgehead atoms. The number of hydrogen-bond donors (Lipinski definition) is 1. The van der Waals surface area contributed by atoms with E-state index in [1.54, 1.807) is 6.20 Å². The Labute approximate surface area is 126 Å². The van der Waals surface area contributed by atoms with E-state index in [2.05, 4.69) is 24.1 Å². The van der Waals surface area contributed by atoms with Crippen molar-refractivity contribution in [1.29, 1.82) is 0 Å². The lowest BCUT2D eigenvalue weighted by Crippen LogP contribution is -2.50. The van der Waals surface area contributed by atoms with Gasteiger partial charge in [0.15, 0.2) is 0 Å². The lowest BCUT2D eigenvalue weighted by atomic mass is 10.0. The van der Waals surface area contributed by atoms with E-state index >= 15 is 0 Å².